The van der Waals surface area contributed by atoms with Crippen molar-refractivity contribution in [1.82, 2.24) is 4.90 Å². The maximum atomic E-state index is 14.0. The molecule has 0 aromatic carbocycles. The Labute approximate surface area is 213 Å². The number of allylic oxidation sites excluding steroid dienone is 1. The lowest BCUT2D eigenvalue weighted by atomic mass is 9.68. The van der Waals surface area contributed by atoms with Gasteiger partial charge in [-0.1, -0.05) is 6.92 Å². The Morgan fingerprint density at radius 1 is 1.06 bits per heavy atom. The highest BCUT2D eigenvalue weighted by molar-refractivity contribution is 6.24. The highest BCUT2D eigenvalue weighted by atomic mass is 35.5. The lowest BCUT2D eigenvalue weighted by Crippen LogP contribution is -2.54. The lowest BCUT2D eigenvalue weighted by molar-refractivity contribution is -0.159. The van der Waals surface area contributed by atoms with Crippen molar-refractivity contribution >= 4 is 23.2 Å². The number of alkyl halides is 1. The molecule has 8 heteroatoms. The van der Waals surface area contributed by atoms with Crippen LogP contribution in [0.4, 0.5) is 0 Å². The SMILES string of the molecule is COC1CC(OC)C2C(=O)[C@@]3(OC2C1Cl)C(=O)C1=C(C[C@H]3C)OC(C2CCC(CN(C)C)CC2)C1. The Balaban J connectivity index is 1.33. The van der Waals surface area contributed by atoms with Crippen molar-refractivity contribution in [2.45, 2.75) is 87.3 Å². The first kappa shape index (κ1) is 25.7. The van der Waals surface area contributed by atoms with Crippen LogP contribution < -0.4 is 0 Å². The maximum Gasteiger partial charge on any atom is 0.202 e. The molecule has 2 aliphatic heterocycles. The van der Waals surface area contributed by atoms with Gasteiger partial charge in [0.1, 0.15) is 11.9 Å². The summed E-state index contributed by atoms with van der Waals surface area (Å²) in [5.74, 6) is 0.703. The molecule has 6 unspecified atom stereocenters. The van der Waals surface area contributed by atoms with E-state index < -0.39 is 23.0 Å². The van der Waals surface area contributed by atoms with Gasteiger partial charge in [0.15, 0.2) is 11.4 Å². The third kappa shape index (κ3) is 4.10. The third-order valence-corrected chi connectivity index (χ3v) is 9.89. The fraction of sp³-hybridized carbons (Fsp3) is 0.852. The predicted octanol–water partition coefficient (Wildman–Crippen LogP) is 3.37. The van der Waals surface area contributed by atoms with Crippen LogP contribution in [0, 0.1) is 23.7 Å². The van der Waals surface area contributed by atoms with Crippen LogP contribution >= 0.6 is 11.6 Å². The van der Waals surface area contributed by atoms with Crippen LogP contribution in [0.15, 0.2) is 11.3 Å². The van der Waals surface area contributed by atoms with Crippen LogP contribution in [0.25, 0.3) is 0 Å². The number of fused-ring (bicyclic) bond motifs is 1. The number of hydrogen-bond donors (Lipinski definition) is 0. The molecule has 0 aromatic rings. The molecule has 7 nitrogen and oxygen atoms in total. The molecule has 3 aliphatic carbocycles. The molecule has 0 aromatic heterocycles. The van der Waals surface area contributed by atoms with Gasteiger partial charge in [0.2, 0.25) is 5.78 Å². The van der Waals surface area contributed by atoms with Gasteiger partial charge in [0.05, 0.1) is 29.6 Å². The fourth-order valence-corrected chi connectivity index (χ4v) is 7.90. The van der Waals surface area contributed by atoms with E-state index in [-0.39, 0.29) is 35.8 Å². The minimum Gasteiger partial charge on any atom is -0.494 e. The second-order valence-electron chi connectivity index (χ2n) is 11.7. The van der Waals surface area contributed by atoms with Crippen LogP contribution in [-0.2, 0) is 28.5 Å². The summed E-state index contributed by atoms with van der Waals surface area (Å²) in [7, 11) is 7.46. The Hall–Kier alpha value is -0.990. The fourth-order valence-electron chi connectivity index (χ4n) is 7.49. The molecule has 2 saturated carbocycles. The second kappa shape index (κ2) is 9.71. The minimum atomic E-state index is -1.50. The summed E-state index contributed by atoms with van der Waals surface area (Å²) in [6.45, 7) is 3.06. The van der Waals surface area contributed by atoms with Crippen molar-refractivity contribution in [3.8, 4) is 0 Å². The number of ketones is 2. The van der Waals surface area contributed by atoms with E-state index in [1.807, 2.05) is 6.92 Å². The van der Waals surface area contributed by atoms with Gasteiger partial charge < -0.3 is 23.8 Å². The van der Waals surface area contributed by atoms with Crippen molar-refractivity contribution in [2.24, 2.45) is 23.7 Å². The molecule has 196 valence electrons. The monoisotopic (exact) mass is 509 g/mol. The lowest BCUT2D eigenvalue weighted by Gasteiger charge is -2.39. The summed E-state index contributed by atoms with van der Waals surface area (Å²) in [5, 5.41) is -0.514. The van der Waals surface area contributed by atoms with Gasteiger partial charge in [0, 0.05) is 51.5 Å². The van der Waals surface area contributed by atoms with Crippen LogP contribution in [0.3, 0.4) is 0 Å². The van der Waals surface area contributed by atoms with Gasteiger partial charge in [0.25, 0.3) is 0 Å². The Morgan fingerprint density at radius 3 is 2.37 bits per heavy atom. The highest BCUT2D eigenvalue weighted by Gasteiger charge is 2.69. The van der Waals surface area contributed by atoms with Gasteiger partial charge in [-0.25, -0.2) is 0 Å². The van der Waals surface area contributed by atoms with E-state index in [0.717, 1.165) is 31.1 Å². The smallest absolute Gasteiger partial charge is 0.202 e. The van der Waals surface area contributed by atoms with Crippen LogP contribution in [-0.4, -0.2) is 86.7 Å². The van der Waals surface area contributed by atoms with E-state index in [0.29, 0.717) is 30.8 Å². The zero-order chi connectivity index (χ0) is 25.1. The van der Waals surface area contributed by atoms with Crippen molar-refractivity contribution in [3.05, 3.63) is 11.3 Å². The molecule has 3 fully saturated rings. The Morgan fingerprint density at radius 2 is 1.74 bits per heavy atom. The molecule has 1 saturated heterocycles. The summed E-state index contributed by atoms with van der Waals surface area (Å²) in [4.78, 5) is 30.3. The average Bonchev–Trinajstić information content (AvgIpc) is 3.39. The molecule has 35 heavy (non-hydrogen) atoms. The number of carbonyl (C=O) groups is 2. The number of nitrogens with zero attached hydrogens (tertiary/aromatic N) is 1. The molecule has 5 rings (SSSR count). The molecule has 0 N–H and O–H groups in total. The number of Topliss-reactive ketones (excluding diaryl/α,β-unsaturated/α-hetero) is 2. The molecule has 2 heterocycles. The summed E-state index contributed by atoms with van der Waals surface area (Å²) in [6, 6.07) is 0. The van der Waals surface area contributed by atoms with Gasteiger partial charge in [-0.3, -0.25) is 9.59 Å². The second-order valence-corrected chi connectivity index (χ2v) is 12.2. The minimum absolute atomic E-state index is 0.0239. The number of ether oxygens (including phenoxy) is 4. The summed E-state index contributed by atoms with van der Waals surface area (Å²) < 4.78 is 24.1. The number of methoxy groups -OCH3 is 2. The molecular weight excluding hydrogens is 470 g/mol. The number of hydrogen-bond acceptors (Lipinski definition) is 7. The van der Waals surface area contributed by atoms with Crippen molar-refractivity contribution in [2.75, 3.05) is 34.9 Å². The van der Waals surface area contributed by atoms with E-state index in [1.54, 1.807) is 14.2 Å². The topological polar surface area (TPSA) is 74.3 Å². The molecule has 1 spiro atoms. The molecule has 0 amide bonds. The molecule has 0 radical (unpaired) electrons. The van der Waals surface area contributed by atoms with Crippen LogP contribution in [0.1, 0.15) is 51.9 Å². The van der Waals surface area contributed by atoms with Crippen molar-refractivity contribution in [3.63, 3.8) is 0 Å². The normalized spacial score (nSPS) is 45.7. The van der Waals surface area contributed by atoms with Gasteiger partial charge in [-0.15, -0.1) is 11.6 Å². The van der Waals surface area contributed by atoms with E-state index in [4.69, 9.17) is 30.5 Å². The van der Waals surface area contributed by atoms with E-state index in [9.17, 15) is 9.59 Å². The van der Waals surface area contributed by atoms with E-state index >= 15 is 0 Å². The third-order valence-electron chi connectivity index (χ3n) is 9.36. The van der Waals surface area contributed by atoms with E-state index in [1.165, 1.54) is 12.8 Å². The number of carbonyl (C=O) groups excluding carboxylic acids is 2. The molecule has 0 bridgehead atoms. The summed E-state index contributed by atoms with van der Waals surface area (Å²) in [6.07, 6.45) is 5.01. The standard InChI is InChI=1S/C27H40ClNO6/c1-14-10-19-17(11-18(34-19)16-8-6-15(7-9-16)13-29(2)3)25(30)27(14)26(31)22-20(32-4)12-21(33-5)23(28)24(22)35-27/h14-16,18,20-24H,6-13H2,1-5H3/t14-,15?,16?,18?,20?,21?,22?,23?,24?,27+/m1/s1. The molecular formula is C27H40ClNO6. The number of rotatable bonds is 5. The average molecular weight is 510 g/mol. The van der Waals surface area contributed by atoms with Gasteiger partial charge in [-0.2, -0.15) is 0 Å². The molecule has 8 atom stereocenters. The van der Waals surface area contributed by atoms with Crippen LogP contribution in [0.5, 0.6) is 0 Å². The predicted molar refractivity (Wildman–Crippen MR) is 131 cm³/mol. The first-order chi connectivity index (χ1) is 16.7. The summed E-state index contributed by atoms with van der Waals surface area (Å²) in [5.41, 5.74) is -0.832. The zero-order valence-corrected chi connectivity index (χ0v) is 22.4. The Bertz CT molecular complexity index is 883. The van der Waals surface area contributed by atoms with E-state index in [2.05, 4.69) is 19.0 Å². The summed E-state index contributed by atoms with van der Waals surface area (Å²) >= 11 is 6.74. The van der Waals surface area contributed by atoms with Gasteiger partial charge in [-0.05, 0) is 51.6 Å². The Kier molecular flexibility index (Phi) is 7.12. The van der Waals surface area contributed by atoms with Crippen molar-refractivity contribution in [1.29, 1.82) is 0 Å². The largest absolute Gasteiger partial charge is 0.494 e. The zero-order valence-electron chi connectivity index (χ0n) is 21.6. The highest BCUT2D eigenvalue weighted by Crippen LogP contribution is 2.53. The molecule has 5 aliphatic rings. The first-order valence-corrected chi connectivity index (χ1v) is 13.6. The van der Waals surface area contributed by atoms with Crippen molar-refractivity contribution < 1.29 is 28.5 Å². The maximum absolute atomic E-state index is 14.0. The quantitative estimate of drug-likeness (QED) is 0.415. The van der Waals surface area contributed by atoms with Crippen LogP contribution in [0.2, 0.25) is 0 Å². The van der Waals surface area contributed by atoms with Gasteiger partial charge >= 0.3 is 0 Å². The first-order valence-electron chi connectivity index (χ1n) is 13.2. The number of halogens is 1.